The van der Waals surface area contributed by atoms with Crippen LogP contribution in [-0.4, -0.2) is 29.1 Å². The van der Waals surface area contributed by atoms with E-state index >= 15 is 0 Å². The van der Waals surface area contributed by atoms with Gasteiger partial charge in [-0.1, -0.05) is 17.7 Å². The molecule has 0 aromatic heterocycles. The van der Waals surface area contributed by atoms with Crippen LogP contribution >= 0.6 is 11.6 Å². The molecule has 0 saturated carbocycles. The molecule has 0 bridgehead atoms. The van der Waals surface area contributed by atoms with Crippen LogP contribution in [0.4, 0.5) is 24.5 Å². The summed E-state index contributed by atoms with van der Waals surface area (Å²) in [5.41, 5.74) is -1.02. The van der Waals surface area contributed by atoms with E-state index in [2.05, 4.69) is 4.72 Å². The lowest BCUT2D eigenvalue weighted by Crippen LogP contribution is -2.38. The lowest BCUT2D eigenvalue weighted by Gasteiger charge is -2.28. The molecule has 6 nitrogen and oxygen atoms in total. The van der Waals surface area contributed by atoms with Crippen molar-refractivity contribution >= 4 is 43.0 Å². The molecule has 2 aromatic rings. The SMILES string of the molecule is Cc1ccc(N2CCCCS2(=O)=O)cc1S(=O)(=O)Nc1cc(C(F)(F)F)ccc1Cl. The zero-order valence-electron chi connectivity index (χ0n) is 15.7. The molecule has 0 radical (unpaired) electrons. The molecule has 12 heteroatoms. The van der Waals surface area contributed by atoms with E-state index in [4.69, 9.17) is 11.6 Å². The van der Waals surface area contributed by atoms with Crippen LogP contribution in [0.1, 0.15) is 24.0 Å². The summed E-state index contributed by atoms with van der Waals surface area (Å²) in [5.74, 6) is -0.0406. The molecule has 1 fully saturated rings. The largest absolute Gasteiger partial charge is 0.416 e. The Hall–Kier alpha value is -1.98. The van der Waals surface area contributed by atoms with Crippen molar-refractivity contribution in [1.82, 2.24) is 0 Å². The summed E-state index contributed by atoms with van der Waals surface area (Å²) >= 11 is 5.89. The number of halogens is 4. The van der Waals surface area contributed by atoms with Crippen molar-refractivity contribution in [2.45, 2.75) is 30.8 Å². The van der Waals surface area contributed by atoms with Crippen LogP contribution in [0.5, 0.6) is 0 Å². The minimum atomic E-state index is -4.68. The van der Waals surface area contributed by atoms with Crippen molar-refractivity contribution in [3.63, 3.8) is 0 Å². The molecule has 30 heavy (non-hydrogen) atoms. The minimum absolute atomic E-state index is 0.0406. The topological polar surface area (TPSA) is 83.6 Å². The number of hydrogen-bond acceptors (Lipinski definition) is 4. The second-order valence-corrected chi connectivity index (χ2v) is 10.9. The van der Waals surface area contributed by atoms with Crippen molar-refractivity contribution in [3.05, 3.63) is 52.5 Å². The Morgan fingerprint density at radius 3 is 2.43 bits per heavy atom. The zero-order valence-corrected chi connectivity index (χ0v) is 18.1. The molecule has 0 spiro atoms. The zero-order chi connectivity index (χ0) is 22.3. The van der Waals surface area contributed by atoms with Gasteiger partial charge >= 0.3 is 6.18 Å². The van der Waals surface area contributed by atoms with Gasteiger partial charge in [0.2, 0.25) is 10.0 Å². The fraction of sp³-hybridized carbons (Fsp3) is 0.333. The average molecular weight is 483 g/mol. The maximum atomic E-state index is 13.0. The Labute approximate surface area is 177 Å². The highest BCUT2D eigenvalue weighted by Gasteiger charge is 2.32. The van der Waals surface area contributed by atoms with Gasteiger partial charge in [0.15, 0.2) is 0 Å². The van der Waals surface area contributed by atoms with Crippen LogP contribution in [-0.2, 0) is 26.2 Å². The molecule has 0 unspecified atom stereocenters. The van der Waals surface area contributed by atoms with E-state index in [9.17, 15) is 30.0 Å². The second-order valence-electron chi connectivity index (χ2n) is 6.84. The summed E-state index contributed by atoms with van der Waals surface area (Å²) in [6.07, 6.45) is -3.53. The summed E-state index contributed by atoms with van der Waals surface area (Å²) in [7, 11) is -7.92. The standard InChI is InChI=1S/C18H18ClF3N2O4S2/c1-12-4-6-14(24-8-2-3-9-29(24,25)26)11-17(12)30(27,28)23-16-10-13(18(20,21)22)5-7-15(16)19/h4-7,10-11,23H,2-3,8-9H2,1H3. The number of aryl methyl sites for hydroxylation is 1. The van der Waals surface area contributed by atoms with Crippen molar-refractivity contribution in [1.29, 1.82) is 0 Å². The predicted octanol–water partition coefficient (Wildman–Crippen LogP) is 4.40. The number of sulfonamides is 2. The highest BCUT2D eigenvalue weighted by atomic mass is 35.5. The van der Waals surface area contributed by atoms with E-state index in [1.54, 1.807) is 0 Å². The fourth-order valence-electron chi connectivity index (χ4n) is 3.09. The van der Waals surface area contributed by atoms with Gasteiger partial charge in [0.05, 0.1) is 32.6 Å². The van der Waals surface area contributed by atoms with Crippen molar-refractivity contribution in [3.8, 4) is 0 Å². The molecule has 0 amide bonds. The number of hydrogen-bond donors (Lipinski definition) is 1. The Balaban J connectivity index is 2.01. The normalized spacial score (nSPS) is 17.0. The fourth-order valence-corrected chi connectivity index (χ4v) is 6.28. The average Bonchev–Trinajstić information content (AvgIpc) is 2.62. The van der Waals surface area contributed by atoms with E-state index < -0.39 is 37.5 Å². The van der Waals surface area contributed by atoms with Crippen LogP contribution in [0.2, 0.25) is 5.02 Å². The van der Waals surface area contributed by atoms with E-state index in [1.807, 2.05) is 0 Å². The Morgan fingerprint density at radius 2 is 1.80 bits per heavy atom. The lowest BCUT2D eigenvalue weighted by molar-refractivity contribution is -0.137. The lowest BCUT2D eigenvalue weighted by atomic mass is 10.2. The minimum Gasteiger partial charge on any atom is -0.278 e. The Kier molecular flexibility index (Phi) is 6.00. The summed E-state index contributed by atoms with van der Waals surface area (Å²) in [5, 5.41) is -0.209. The maximum Gasteiger partial charge on any atom is 0.416 e. The molecule has 0 aliphatic carbocycles. The summed E-state index contributed by atoms with van der Waals surface area (Å²) < 4.78 is 92.6. The van der Waals surface area contributed by atoms with Gasteiger partial charge in [-0.25, -0.2) is 16.8 Å². The maximum absolute atomic E-state index is 13.0. The first-order chi connectivity index (χ1) is 13.8. The molecule has 1 heterocycles. The number of rotatable bonds is 4. The van der Waals surface area contributed by atoms with E-state index in [-0.39, 0.29) is 27.9 Å². The van der Waals surface area contributed by atoms with Gasteiger partial charge < -0.3 is 0 Å². The van der Waals surface area contributed by atoms with Crippen molar-refractivity contribution in [2.75, 3.05) is 21.3 Å². The van der Waals surface area contributed by atoms with Gasteiger partial charge in [-0.15, -0.1) is 0 Å². The highest BCUT2D eigenvalue weighted by molar-refractivity contribution is 7.93. The number of nitrogens with zero attached hydrogens (tertiary/aromatic N) is 1. The van der Waals surface area contributed by atoms with Gasteiger partial charge in [0.25, 0.3) is 10.0 Å². The van der Waals surface area contributed by atoms with Gasteiger partial charge in [-0.3, -0.25) is 9.03 Å². The molecule has 1 aliphatic heterocycles. The summed E-state index contributed by atoms with van der Waals surface area (Å²) in [4.78, 5) is -0.255. The second kappa shape index (κ2) is 7.93. The summed E-state index contributed by atoms with van der Waals surface area (Å²) in [6.45, 7) is 1.72. The number of anilines is 2. The summed E-state index contributed by atoms with van der Waals surface area (Å²) in [6, 6.07) is 6.44. The third kappa shape index (κ3) is 4.68. The third-order valence-electron chi connectivity index (χ3n) is 4.64. The quantitative estimate of drug-likeness (QED) is 0.700. The first-order valence-electron chi connectivity index (χ1n) is 8.82. The van der Waals surface area contributed by atoms with Gasteiger partial charge in [0.1, 0.15) is 0 Å². The van der Waals surface area contributed by atoms with E-state index in [1.165, 1.54) is 25.1 Å². The molecule has 0 atom stereocenters. The monoisotopic (exact) mass is 482 g/mol. The van der Waals surface area contributed by atoms with Crippen LogP contribution in [0.15, 0.2) is 41.3 Å². The smallest absolute Gasteiger partial charge is 0.278 e. The molecule has 1 saturated heterocycles. The van der Waals surface area contributed by atoms with Crippen molar-refractivity contribution < 1.29 is 30.0 Å². The van der Waals surface area contributed by atoms with Crippen LogP contribution in [0.3, 0.4) is 0 Å². The molecular formula is C18H18ClF3N2O4S2. The molecule has 3 rings (SSSR count). The number of alkyl halides is 3. The van der Waals surface area contributed by atoms with E-state index in [0.29, 0.717) is 24.5 Å². The van der Waals surface area contributed by atoms with Gasteiger partial charge in [0, 0.05) is 6.54 Å². The molecule has 1 N–H and O–H groups in total. The first-order valence-corrected chi connectivity index (χ1v) is 12.3. The highest BCUT2D eigenvalue weighted by Crippen LogP contribution is 2.35. The van der Waals surface area contributed by atoms with Crippen molar-refractivity contribution in [2.24, 2.45) is 0 Å². The molecule has 1 aliphatic rings. The van der Waals surface area contributed by atoms with Crippen LogP contribution < -0.4 is 9.03 Å². The predicted molar refractivity (Wildman–Crippen MR) is 109 cm³/mol. The van der Waals surface area contributed by atoms with Crippen LogP contribution in [0, 0.1) is 6.92 Å². The number of nitrogens with one attached hydrogen (secondary N) is 1. The molecular weight excluding hydrogens is 465 g/mol. The Bertz CT molecular complexity index is 1180. The van der Waals surface area contributed by atoms with Crippen LogP contribution in [0.25, 0.3) is 0 Å². The Morgan fingerprint density at radius 1 is 1.10 bits per heavy atom. The van der Waals surface area contributed by atoms with E-state index in [0.717, 1.165) is 16.4 Å². The molecule has 2 aromatic carbocycles. The number of benzene rings is 2. The van der Waals surface area contributed by atoms with Gasteiger partial charge in [-0.05, 0) is 55.7 Å². The third-order valence-corrected chi connectivity index (χ3v) is 8.34. The van der Waals surface area contributed by atoms with Gasteiger partial charge in [-0.2, -0.15) is 13.2 Å². The molecule has 164 valence electrons. The first kappa shape index (κ1) is 22.7.